The summed E-state index contributed by atoms with van der Waals surface area (Å²) in [5, 5.41) is 0. The van der Waals surface area contributed by atoms with Gasteiger partial charge in [0.15, 0.2) is 0 Å². The van der Waals surface area contributed by atoms with Gasteiger partial charge in [0.2, 0.25) is 0 Å². The van der Waals surface area contributed by atoms with Gasteiger partial charge in [0.1, 0.15) is 12.4 Å². The minimum absolute atomic E-state index is 0.194. The van der Waals surface area contributed by atoms with Crippen LogP contribution in [0.2, 0.25) is 0 Å². The van der Waals surface area contributed by atoms with Crippen LogP contribution >= 0.6 is 0 Å². The Labute approximate surface area is 108 Å². The normalized spacial score (nSPS) is 20.3. The second-order valence-corrected chi connectivity index (χ2v) is 6.39. The molecule has 0 bridgehead atoms. The number of hydrogen-bond acceptors (Lipinski definition) is 3. The van der Waals surface area contributed by atoms with Gasteiger partial charge in [0, 0.05) is 0 Å². The molecule has 0 radical (unpaired) electrons. The Hall–Kier alpha value is -1.49. The highest BCUT2D eigenvalue weighted by Gasteiger charge is 2.29. The zero-order valence-electron chi connectivity index (χ0n) is 10.8. The Kier molecular flexibility index (Phi) is 3.34. The van der Waals surface area contributed by atoms with Crippen molar-refractivity contribution in [2.75, 3.05) is 6.61 Å². The van der Waals surface area contributed by atoms with E-state index in [1.165, 1.54) is 4.31 Å². The highest BCUT2D eigenvalue weighted by molar-refractivity contribution is 7.89. The van der Waals surface area contributed by atoms with Crippen molar-refractivity contribution in [3.8, 4) is 0 Å². The summed E-state index contributed by atoms with van der Waals surface area (Å²) in [6, 6.07) is 6.68. The van der Waals surface area contributed by atoms with Crippen LogP contribution in [-0.2, 0) is 14.8 Å². The maximum absolute atomic E-state index is 12.5. The second kappa shape index (κ2) is 4.65. The topological polar surface area (TPSA) is 46.6 Å². The van der Waals surface area contributed by atoms with E-state index in [0.29, 0.717) is 17.3 Å². The predicted molar refractivity (Wildman–Crippen MR) is 69.4 cm³/mol. The molecule has 1 heterocycles. The van der Waals surface area contributed by atoms with Crippen LogP contribution in [0.15, 0.2) is 41.1 Å². The summed E-state index contributed by atoms with van der Waals surface area (Å²) in [4.78, 5) is 0.311. The number of aryl methyl sites for hydroxylation is 1. The van der Waals surface area contributed by atoms with Crippen LogP contribution in [0.25, 0.3) is 0 Å². The van der Waals surface area contributed by atoms with Gasteiger partial charge in [0.05, 0.1) is 17.1 Å². The molecule has 1 aliphatic heterocycles. The van der Waals surface area contributed by atoms with E-state index in [2.05, 4.69) is 0 Å². The zero-order valence-corrected chi connectivity index (χ0v) is 11.6. The van der Waals surface area contributed by atoms with E-state index in [1.54, 1.807) is 37.4 Å². The van der Waals surface area contributed by atoms with Crippen LogP contribution in [0.3, 0.4) is 0 Å². The van der Waals surface area contributed by atoms with Crippen molar-refractivity contribution in [1.29, 1.82) is 0 Å². The second-order valence-electron chi connectivity index (χ2n) is 4.55. The highest BCUT2D eigenvalue weighted by Crippen LogP contribution is 2.23. The minimum atomic E-state index is -3.48. The van der Waals surface area contributed by atoms with Crippen LogP contribution in [0.5, 0.6) is 0 Å². The smallest absolute Gasteiger partial charge is 0.264 e. The summed E-state index contributed by atoms with van der Waals surface area (Å²) in [6.07, 6.45) is 1.54. The number of allylic oxidation sites excluding steroid dienone is 1. The monoisotopic (exact) mass is 267 g/mol. The molecular weight excluding hydrogens is 250 g/mol. The minimum Gasteiger partial charge on any atom is -0.495 e. The fourth-order valence-electron chi connectivity index (χ4n) is 1.81. The molecule has 0 fully saturated rings. The van der Waals surface area contributed by atoms with Gasteiger partial charge >= 0.3 is 0 Å². The molecule has 2 rings (SSSR count). The van der Waals surface area contributed by atoms with Crippen molar-refractivity contribution in [3.63, 3.8) is 0 Å². The Morgan fingerprint density at radius 1 is 1.22 bits per heavy atom. The van der Waals surface area contributed by atoms with E-state index in [1.807, 2.05) is 13.8 Å². The lowest BCUT2D eigenvalue weighted by atomic mass is 10.2. The summed E-state index contributed by atoms with van der Waals surface area (Å²) < 4.78 is 31.7. The standard InChI is InChI=1S/C13H17NO3S/c1-10-4-6-13(7-5-10)18(15,16)14-8-12(3)17-9-11(14)2/h4-8,11H,9H2,1-3H3/t11-/m1/s1. The first-order chi connectivity index (χ1) is 8.41. The molecule has 0 N–H and O–H groups in total. The molecule has 1 aliphatic rings. The molecule has 1 atom stereocenters. The first kappa shape index (κ1) is 13.0. The van der Waals surface area contributed by atoms with E-state index < -0.39 is 10.0 Å². The lowest BCUT2D eigenvalue weighted by molar-refractivity contribution is 0.137. The largest absolute Gasteiger partial charge is 0.495 e. The maximum Gasteiger partial charge on any atom is 0.264 e. The molecule has 0 aromatic heterocycles. The van der Waals surface area contributed by atoms with Crippen molar-refractivity contribution < 1.29 is 13.2 Å². The van der Waals surface area contributed by atoms with Gasteiger partial charge in [0.25, 0.3) is 10.0 Å². The summed E-state index contributed by atoms with van der Waals surface area (Å²) in [5.41, 5.74) is 1.04. The van der Waals surface area contributed by atoms with E-state index >= 15 is 0 Å². The number of ether oxygens (including phenoxy) is 1. The molecule has 1 aromatic carbocycles. The van der Waals surface area contributed by atoms with Crippen molar-refractivity contribution in [2.24, 2.45) is 0 Å². The number of benzene rings is 1. The average Bonchev–Trinajstić information content (AvgIpc) is 2.32. The Bertz CT molecular complexity index is 560. The summed E-state index contributed by atoms with van der Waals surface area (Å²) >= 11 is 0. The van der Waals surface area contributed by atoms with E-state index in [0.717, 1.165) is 5.56 Å². The van der Waals surface area contributed by atoms with E-state index in [4.69, 9.17) is 4.74 Å². The molecule has 4 nitrogen and oxygen atoms in total. The van der Waals surface area contributed by atoms with Crippen LogP contribution in [-0.4, -0.2) is 25.4 Å². The number of sulfonamides is 1. The molecule has 0 aliphatic carbocycles. The van der Waals surface area contributed by atoms with Gasteiger partial charge in [-0.2, -0.15) is 0 Å². The number of nitrogens with zero attached hydrogens (tertiary/aromatic N) is 1. The predicted octanol–water partition coefficient (Wildman–Crippen LogP) is 2.27. The van der Waals surface area contributed by atoms with Crippen LogP contribution in [0.4, 0.5) is 0 Å². The van der Waals surface area contributed by atoms with Gasteiger partial charge in [-0.1, -0.05) is 17.7 Å². The van der Waals surface area contributed by atoms with Crippen molar-refractivity contribution in [3.05, 3.63) is 41.8 Å². The molecule has 0 amide bonds. The Balaban J connectivity index is 2.42. The SMILES string of the molecule is CC1=CN(S(=O)(=O)c2ccc(C)cc2)[C@H](C)CO1. The lowest BCUT2D eigenvalue weighted by Crippen LogP contribution is -2.40. The average molecular weight is 267 g/mol. The third kappa shape index (κ3) is 2.36. The fourth-order valence-corrected chi connectivity index (χ4v) is 3.35. The first-order valence-corrected chi connectivity index (χ1v) is 7.26. The molecule has 98 valence electrons. The summed E-state index contributed by atoms with van der Waals surface area (Å²) in [7, 11) is -3.48. The first-order valence-electron chi connectivity index (χ1n) is 5.82. The van der Waals surface area contributed by atoms with Gasteiger partial charge in [-0.3, -0.25) is 4.31 Å². The van der Waals surface area contributed by atoms with E-state index in [9.17, 15) is 8.42 Å². The molecule has 0 saturated carbocycles. The third-order valence-electron chi connectivity index (χ3n) is 2.89. The molecule has 1 aromatic rings. The molecule has 5 heteroatoms. The summed E-state index contributed by atoms with van der Waals surface area (Å²) in [5.74, 6) is 0.615. The maximum atomic E-state index is 12.5. The van der Waals surface area contributed by atoms with Gasteiger partial charge < -0.3 is 4.74 Å². The van der Waals surface area contributed by atoms with Gasteiger partial charge in [-0.15, -0.1) is 0 Å². The molecular formula is C13H17NO3S. The molecule has 18 heavy (non-hydrogen) atoms. The van der Waals surface area contributed by atoms with Crippen molar-refractivity contribution in [1.82, 2.24) is 4.31 Å². The van der Waals surface area contributed by atoms with Gasteiger partial charge in [-0.25, -0.2) is 8.42 Å². The number of hydrogen-bond donors (Lipinski definition) is 0. The van der Waals surface area contributed by atoms with Crippen LogP contribution in [0, 0.1) is 6.92 Å². The fraction of sp³-hybridized carbons (Fsp3) is 0.385. The number of rotatable bonds is 2. The third-order valence-corrected chi connectivity index (χ3v) is 4.78. The Morgan fingerprint density at radius 3 is 2.44 bits per heavy atom. The van der Waals surface area contributed by atoms with Crippen LogP contribution in [0.1, 0.15) is 19.4 Å². The molecule has 0 unspecified atom stereocenters. The van der Waals surface area contributed by atoms with E-state index in [-0.39, 0.29) is 6.04 Å². The molecule has 0 saturated heterocycles. The molecule has 0 spiro atoms. The Morgan fingerprint density at radius 2 is 1.83 bits per heavy atom. The quantitative estimate of drug-likeness (QED) is 0.825. The van der Waals surface area contributed by atoms with Gasteiger partial charge in [-0.05, 0) is 32.9 Å². The van der Waals surface area contributed by atoms with Crippen LogP contribution < -0.4 is 0 Å². The lowest BCUT2D eigenvalue weighted by Gasteiger charge is -2.31. The highest BCUT2D eigenvalue weighted by atomic mass is 32.2. The van der Waals surface area contributed by atoms with Crippen molar-refractivity contribution >= 4 is 10.0 Å². The summed E-state index contributed by atoms with van der Waals surface area (Å²) in [6.45, 7) is 5.89. The van der Waals surface area contributed by atoms with Crippen molar-refractivity contribution in [2.45, 2.75) is 31.7 Å². The zero-order chi connectivity index (χ0) is 13.3.